The number of hydrogen-bond acceptors (Lipinski definition) is 4. The van der Waals surface area contributed by atoms with E-state index in [0.717, 1.165) is 25.1 Å². The van der Waals surface area contributed by atoms with Gasteiger partial charge in [-0.2, -0.15) is 5.26 Å². The molecule has 1 saturated heterocycles. The summed E-state index contributed by atoms with van der Waals surface area (Å²) in [5.41, 5.74) is 13.1. The number of rotatable bonds is 2. The number of anilines is 2. The Bertz CT molecular complexity index is 492. The predicted molar refractivity (Wildman–Crippen MR) is 65.1 cm³/mol. The third-order valence-corrected chi connectivity index (χ3v) is 3.05. The highest BCUT2D eigenvalue weighted by Crippen LogP contribution is 2.30. The van der Waals surface area contributed by atoms with E-state index in [4.69, 9.17) is 16.7 Å². The first-order valence-corrected chi connectivity index (χ1v) is 5.49. The molecule has 0 spiro atoms. The van der Waals surface area contributed by atoms with Gasteiger partial charge in [0, 0.05) is 6.54 Å². The summed E-state index contributed by atoms with van der Waals surface area (Å²) in [6.45, 7) is 0.768. The van der Waals surface area contributed by atoms with Gasteiger partial charge in [-0.05, 0) is 31.0 Å². The Kier molecular flexibility index (Phi) is 2.88. The first kappa shape index (κ1) is 11.3. The summed E-state index contributed by atoms with van der Waals surface area (Å²) in [5.74, 6) is -0.328. The number of nitriles is 1. The van der Waals surface area contributed by atoms with Gasteiger partial charge in [-0.3, -0.25) is 4.79 Å². The second-order valence-electron chi connectivity index (χ2n) is 4.14. The van der Waals surface area contributed by atoms with E-state index >= 15 is 0 Å². The maximum absolute atomic E-state index is 11.3. The normalized spacial score (nSPS) is 19.0. The van der Waals surface area contributed by atoms with E-state index in [9.17, 15) is 4.79 Å². The molecule has 0 bridgehead atoms. The van der Waals surface area contributed by atoms with Gasteiger partial charge in [-0.25, -0.2) is 0 Å². The van der Waals surface area contributed by atoms with Crippen molar-refractivity contribution in [1.29, 1.82) is 5.26 Å². The molecular formula is C12H14N4O. The SMILES string of the molecule is N#Cc1ccc(N2CCCC2C(N)=O)c(N)c1. The molecule has 17 heavy (non-hydrogen) atoms. The Morgan fingerprint density at radius 3 is 2.88 bits per heavy atom. The number of nitrogens with two attached hydrogens (primary N) is 2. The zero-order valence-electron chi connectivity index (χ0n) is 9.39. The van der Waals surface area contributed by atoms with Crippen LogP contribution in [0.4, 0.5) is 11.4 Å². The fraction of sp³-hybridized carbons (Fsp3) is 0.333. The number of primary amides is 1. The minimum absolute atomic E-state index is 0.287. The molecule has 1 aromatic carbocycles. The summed E-state index contributed by atoms with van der Waals surface area (Å²) in [7, 11) is 0. The molecule has 1 fully saturated rings. The lowest BCUT2D eigenvalue weighted by molar-refractivity contribution is -0.119. The summed E-state index contributed by atoms with van der Waals surface area (Å²) in [4.78, 5) is 13.2. The highest BCUT2D eigenvalue weighted by atomic mass is 16.1. The van der Waals surface area contributed by atoms with Crippen LogP contribution in [-0.2, 0) is 4.79 Å². The van der Waals surface area contributed by atoms with Crippen molar-refractivity contribution in [2.24, 2.45) is 5.73 Å². The van der Waals surface area contributed by atoms with Gasteiger partial charge in [-0.1, -0.05) is 0 Å². The van der Waals surface area contributed by atoms with Crippen molar-refractivity contribution in [1.82, 2.24) is 0 Å². The molecule has 1 unspecified atom stereocenters. The highest BCUT2D eigenvalue weighted by Gasteiger charge is 2.30. The number of carbonyl (C=O) groups is 1. The lowest BCUT2D eigenvalue weighted by atomic mass is 10.1. The summed E-state index contributed by atoms with van der Waals surface area (Å²) >= 11 is 0. The molecular weight excluding hydrogens is 216 g/mol. The molecule has 4 N–H and O–H groups in total. The van der Waals surface area contributed by atoms with Crippen LogP contribution in [0.1, 0.15) is 18.4 Å². The molecule has 0 saturated carbocycles. The third kappa shape index (κ3) is 2.02. The van der Waals surface area contributed by atoms with Crippen molar-refractivity contribution in [2.75, 3.05) is 17.2 Å². The van der Waals surface area contributed by atoms with E-state index in [2.05, 4.69) is 0 Å². The van der Waals surface area contributed by atoms with Crippen molar-refractivity contribution < 1.29 is 4.79 Å². The highest BCUT2D eigenvalue weighted by molar-refractivity contribution is 5.86. The maximum Gasteiger partial charge on any atom is 0.240 e. The second kappa shape index (κ2) is 4.34. The van der Waals surface area contributed by atoms with Gasteiger partial charge < -0.3 is 16.4 Å². The first-order chi connectivity index (χ1) is 8.13. The van der Waals surface area contributed by atoms with E-state index in [-0.39, 0.29) is 11.9 Å². The Morgan fingerprint density at radius 1 is 1.53 bits per heavy atom. The zero-order valence-corrected chi connectivity index (χ0v) is 9.39. The van der Waals surface area contributed by atoms with Gasteiger partial charge in [0.05, 0.1) is 23.0 Å². The number of amides is 1. The lowest BCUT2D eigenvalue weighted by Gasteiger charge is -2.25. The molecule has 2 rings (SSSR count). The van der Waals surface area contributed by atoms with E-state index < -0.39 is 0 Å². The molecule has 1 aliphatic heterocycles. The molecule has 1 heterocycles. The molecule has 1 atom stereocenters. The summed E-state index contributed by atoms with van der Waals surface area (Å²) < 4.78 is 0. The van der Waals surface area contributed by atoms with Crippen LogP contribution in [0.5, 0.6) is 0 Å². The van der Waals surface area contributed by atoms with Crippen LogP contribution in [0.3, 0.4) is 0 Å². The van der Waals surface area contributed by atoms with Gasteiger partial charge in [-0.15, -0.1) is 0 Å². The van der Waals surface area contributed by atoms with E-state index in [1.165, 1.54) is 0 Å². The molecule has 1 aromatic rings. The molecule has 1 amide bonds. The van der Waals surface area contributed by atoms with Crippen LogP contribution >= 0.6 is 0 Å². The number of carbonyl (C=O) groups excluding carboxylic acids is 1. The molecule has 0 aromatic heterocycles. The fourth-order valence-corrected chi connectivity index (χ4v) is 2.24. The van der Waals surface area contributed by atoms with Gasteiger partial charge in [0.15, 0.2) is 0 Å². The largest absolute Gasteiger partial charge is 0.397 e. The Labute approximate surface area is 99.6 Å². The number of benzene rings is 1. The first-order valence-electron chi connectivity index (χ1n) is 5.49. The molecule has 88 valence electrons. The van der Waals surface area contributed by atoms with E-state index in [1.807, 2.05) is 11.0 Å². The monoisotopic (exact) mass is 230 g/mol. The zero-order chi connectivity index (χ0) is 12.4. The minimum Gasteiger partial charge on any atom is -0.397 e. The molecule has 5 heteroatoms. The Hall–Kier alpha value is -2.22. The topological polar surface area (TPSA) is 96.1 Å². The quantitative estimate of drug-likeness (QED) is 0.727. The summed E-state index contributed by atoms with van der Waals surface area (Å²) in [5, 5.41) is 8.77. The van der Waals surface area contributed by atoms with Gasteiger partial charge >= 0.3 is 0 Å². The van der Waals surface area contributed by atoms with Gasteiger partial charge in [0.25, 0.3) is 0 Å². The summed E-state index contributed by atoms with van der Waals surface area (Å²) in [6, 6.07) is 6.83. The predicted octanol–water partition coefficient (Wildman–Crippen LogP) is 0.595. The van der Waals surface area contributed by atoms with E-state index in [0.29, 0.717) is 11.3 Å². The maximum atomic E-state index is 11.3. The van der Waals surface area contributed by atoms with E-state index in [1.54, 1.807) is 18.2 Å². The van der Waals surface area contributed by atoms with Crippen LogP contribution < -0.4 is 16.4 Å². The van der Waals surface area contributed by atoms with Crippen LogP contribution in [-0.4, -0.2) is 18.5 Å². The standard InChI is InChI=1S/C12H14N4O/c13-7-8-3-4-10(9(14)6-8)16-5-1-2-11(16)12(15)17/h3-4,6,11H,1-2,5,14H2,(H2,15,17). The molecule has 5 nitrogen and oxygen atoms in total. The molecule has 0 radical (unpaired) electrons. The number of nitrogen functional groups attached to an aromatic ring is 1. The Balaban J connectivity index is 2.34. The van der Waals surface area contributed by atoms with Crippen LogP contribution in [0.2, 0.25) is 0 Å². The summed E-state index contributed by atoms with van der Waals surface area (Å²) in [6.07, 6.45) is 1.68. The van der Waals surface area contributed by atoms with Crippen molar-refractivity contribution in [3.63, 3.8) is 0 Å². The van der Waals surface area contributed by atoms with Crippen molar-refractivity contribution in [2.45, 2.75) is 18.9 Å². The van der Waals surface area contributed by atoms with Gasteiger partial charge in [0.2, 0.25) is 5.91 Å². The average molecular weight is 230 g/mol. The van der Waals surface area contributed by atoms with Crippen LogP contribution in [0.25, 0.3) is 0 Å². The van der Waals surface area contributed by atoms with Crippen molar-refractivity contribution >= 4 is 17.3 Å². The number of hydrogen-bond donors (Lipinski definition) is 2. The van der Waals surface area contributed by atoms with Crippen LogP contribution in [0.15, 0.2) is 18.2 Å². The number of nitrogens with zero attached hydrogens (tertiary/aromatic N) is 2. The average Bonchev–Trinajstić information content (AvgIpc) is 2.77. The fourth-order valence-electron chi connectivity index (χ4n) is 2.24. The van der Waals surface area contributed by atoms with Crippen molar-refractivity contribution in [3.05, 3.63) is 23.8 Å². The smallest absolute Gasteiger partial charge is 0.240 e. The van der Waals surface area contributed by atoms with Crippen LogP contribution in [0, 0.1) is 11.3 Å². The lowest BCUT2D eigenvalue weighted by Crippen LogP contribution is -2.40. The molecule has 0 aliphatic carbocycles. The Morgan fingerprint density at radius 2 is 2.29 bits per heavy atom. The van der Waals surface area contributed by atoms with Gasteiger partial charge in [0.1, 0.15) is 6.04 Å². The second-order valence-corrected chi connectivity index (χ2v) is 4.14. The third-order valence-electron chi connectivity index (χ3n) is 3.05. The van der Waals surface area contributed by atoms with Crippen molar-refractivity contribution in [3.8, 4) is 6.07 Å². The molecule has 1 aliphatic rings. The minimum atomic E-state index is -0.328.